The van der Waals surface area contributed by atoms with E-state index in [2.05, 4.69) is 17.1 Å². The first-order valence-corrected chi connectivity index (χ1v) is 4.74. The Morgan fingerprint density at radius 2 is 2.15 bits per heavy atom. The van der Waals surface area contributed by atoms with Gasteiger partial charge in [-0.2, -0.15) is 4.98 Å². The summed E-state index contributed by atoms with van der Waals surface area (Å²) in [6.07, 6.45) is 1.92. The molecule has 0 aliphatic carbocycles. The molecule has 4 heteroatoms. The highest BCUT2D eigenvalue weighted by molar-refractivity contribution is 4.95. The molecule has 1 heterocycles. The maximum atomic E-state index is 5.82. The highest BCUT2D eigenvalue weighted by Crippen LogP contribution is 2.16. The molecule has 74 valence electrons. The number of hydrogen-bond donors (Lipinski definition) is 1. The molecular weight excluding hydrogens is 166 g/mol. The van der Waals surface area contributed by atoms with E-state index in [9.17, 15) is 0 Å². The third kappa shape index (κ3) is 2.52. The Morgan fingerprint density at radius 3 is 2.62 bits per heavy atom. The minimum absolute atomic E-state index is 0.106. The predicted molar refractivity (Wildman–Crippen MR) is 50.2 cm³/mol. The molecule has 0 aliphatic heterocycles. The summed E-state index contributed by atoms with van der Waals surface area (Å²) >= 11 is 0. The zero-order valence-corrected chi connectivity index (χ0v) is 8.45. The van der Waals surface area contributed by atoms with Gasteiger partial charge in [-0.3, -0.25) is 0 Å². The third-order valence-electron chi connectivity index (χ3n) is 1.89. The number of aromatic nitrogens is 2. The fourth-order valence-electron chi connectivity index (χ4n) is 1.07. The normalized spacial score (nSPS) is 13.6. The van der Waals surface area contributed by atoms with Gasteiger partial charge in [-0.05, 0) is 6.42 Å². The van der Waals surface area contributed by atoms with Gasteiger partial charge in [-0.15, -0.1) is 0 Å². The third-order valence-corrected chi connectivity index (χ3v) is 1.89. The lowest BCUT2D eigenvalue weighted by Crippen LogP contribution is -2.10. The molecule has 1 atom stereocenters. The van der Waals surface area contributed by atoms with Crippen molar-refractivity contribution < 1.29 is 4.52 Å². The monoisotopic (exact) mass is 183 g/mol. The van der Waals surface area contributed by atoms with Crippen LogP contribution in [-0.2, 0) is 0 Å². The number of nitrogens with two attached hydrogens (primary N) is 1. The highest BCUT2D eigenvalue weighted by Gasteiger charge is 2.14. The molecule has 0 amide bonds. The van der Waals surface area contributed by atoms with Gasteiger partial charge < -0.3 is 10.3 Å². The van der Waals surface area contributed by atoms with Crippen LogP contribution in [0.2, 0.25) is 0 Å². The first-order valence-electron chi connectivity index (χ1n) is 4.74. The summed E-state index contributed by atoms with van der Waals surface area (Å²) in [4.78, 5) is 4.23. The fourth-order valence-corrected chi connectivity index (χ4v) is 1.07. The molecule has 0 aromatic carbocycles. The quantitative estimate of drug-likeness (QED) is 0.775. The van der Waals surface area contributed by atoms with Gasteiger partial charge in [0.05, 0.1) is 6.04 Å². The molecule has 1 aromatic heterocycles. The van der Waals surface area contributed by atoms with Crippen molar-refractivity contribution in [3.05, 3.63) is 11.7 Å². The lowest BCUT2D eigenvalue weighted by molar-refractivity contribution is 0.343. The van der Waals surface area contributed by atoms with Gasteiger partial charge in [-0.1, -0.05) is 32.3 Å². The van der Waals surface area contributed by atoms with Crippen LogP contribution in [0.15, 0.2) is 4.52 Å². The molecule has 0 fully saturated rings. The Bertz CT molecular complexity index is 257. The van der Waals surface area contributed by atoms with Gasteiger partial charge in [0.15, 0.2) is 5.82 Å². The number of nitrogens with zero attached hydrogens (tertiary/aromatic N) is 2. The Kier molecular flexibility index (Phi) is 3.42. The molecule has 0 radical (unpaired) electrons. The van der Waals surface area contributed by atoms with Crippen LogP contribution in [-0.4, -0.2) is 10.1 Å². The van der Waals surface area contributed by atoms with Crippen molar-refractivity contribution in [2.45, 2.75) is 45.6 Å². The average molecular weight is 183 g/mol. The molecule has 1 rings (SSSR count). The molecule has 1 aromatic rings. The van der Waals surface area contributed by atoms with E-state index in [0.717, 1.165) is 18.7 Å². The van der Waals surface area contributed by atoms with Crippen LogP contribution in [0.25, 0.3) is 0 Å². The molecule has 4 nitrogen and oxygen atoms in total. The van der Waals surface area contributed by atoms with E-state index in [4.69, 9.17) is 10.3 Å². The van der Waals surface area contributed by atoms with Crippen molar-refractivity contribution in [2.24, 2.45) is 5.73 Å². The van der Waals surface area contributed by atoms with E-state index in [1.165, 1.54) is 0 Å². The molecule has 13 heavy (non-hydrogen) atoms. The van der Waals surface area contributed by atoms with E-state index in [1.54, 1.807) is 0 Å². The summed E-state index contributed by atoms with van der Waals surface area (Å²) in [6, 6.07) is -0.106. The second-order valence-electron chi connectivity index (χ2n) is 3.54. The second kappa shape index (κ2) is 4.37. The summed E-state index contributed by atoms with van der Waals surface area (Å²) in [5.74, 6) is 1.60. The Labute approximate surface area is 78.5 Å². The van der Waals surface area contributed by atoms with Crippen molar-refractivity contribution in [1.29, 1.82) is 0 Å². The van der Waals surface area contributed by atoms with Crippen molar-refractivity contribution in [3.8, 4) is 0 Å². The SMILES string of the molecule is CCC[C@@H](N)c1nc(C(C)C)no1. The van der Waals surface area contributed by atoms with E-state index < -0.39 is 0 Å². The number of hydrogen-bond acceptors (Lipinski definition) is 4. The van der Waals surface area contributed by atoms with Crippen LogP contribution in [0.3, 0.4) is 0 Å². The smallest absolute Gasteiger partial charge is 0.243 e. The molecule has 0 spiro atoms. The summed E-state index contributed by atoms with van der Waals surface area (Å²) < 4.78 is 5.05. The maximum absolute atomic E-state index is 5.82. The van der Waals surface area contributed by atoms with Gasteiger partial charge in [0.25, 0.3) is 0 Å². The molecule has 0 saturated carbocycles. The van der Waals surface area contributed by atoms with Crippen LogP contribution in [0.5, 0.6) is 0 Å². The minimum atomic E-state index is -0.106. The van der Waals surface area contributed by atoms with E-state index >= 15 is 0 Å². The number of rotatable bonds is 4. The van der Waals surface area contributed by atoms with Gasteiger partial charge in [-0.25, -0.2) is 0 Å². The lowest BCUT2D eigenvalue weighted by atomic mass is 10.2. The summed E-state index contributed by atoms with van der Waals surface area (Å²) in [7, 11) is 0. The highest BCUT2D eigenvalue weighted by atomic mass is 16.5. The topological polar surface area (TPSA) is 64.9 Å². The Morgan fingerprint density at radius 1 is 1.46 bits per heavy atom. The molecule has 0 aliphatic rings. The first-order chi connectivity index (χ1) is 6.15. The summed E-state index contributed by atoms with van der Waals surface area (Å²) in [5, 5.41) is 3.85. The molecular formula is C9H17N3O. The second-order valence-corrected chi connectivity index (χ2v) is 3.54. The van der Waals surface area contributed by atoms with Crippen LogP contribution in [0.4, 0.5) is 0 Å². The largest absolute Gasteiger partial charge is 0.338 e. The van der Waals surface area contributed by atoms with Crippen LogP contribution in [0.1, 0.15) is 57.3 Å². The maximum Gasteiger partial charge on any atom is 0.243 e. The van der Waals surface area contributed by atoms with Gasteiger partial charge in [0, 0.05) is 5.92 Å². The van der Waals surface area contributed by atoms with Crippen molar-refractivity contribution in [3.63, 3.8) is 0 Å². The van der Waals surface area contributed by atoms with E-state index in [-0.39, 0.29) is 6.04 Å². The standard InChI is InChI=1S/C9H17N3O/c1-4-5-7(10)9-11-8(6(2)3)12-13-9/h6-7H,4-5,10H2,1-3H3/t7-/m1/s1. The van der Waals surface area contributed by atoms with Crippen molar-refractivity contribution >= 4 is 0 Å². The molecule has 0 bridgehead atoms. The first kappa shape index (κ1) is 10.2. The van der Waals surface area contributed by atoms with Crippen LogP contribution in [0, 0.1) is 0 Å². The van der Waals surface area contributed by atoms with Crippen molar-refractivity contribution in [2.75, 3.05) is 0 Å². The average Bonchev–Trinajstić information content (AvgIpc) is 2.52. The van der Waals surface area contributed by atoms with E-state index in [1.807, 2.05) is 13.8 Å². The summed E-state index contributed by atoms with van der Waals surface area (Å²) in [6.45, 7) is 6.14. The van der Waals surface area contributed by atoms with Gasteiger partial charge in [0.1, 0.15) is 0 Å². The fraction of sp³-hybridized carbons (Fsp3) is 0.778. The zero-order valence-electron chi connectivity index (χ0n) is 8.45. The van der Waals surface area contributed by atoms with Gasteiger partial charge >= 0.3 is 0 Å². The van der Waals surface area contributed by atoms with Crippen LogP contribution < -0.4 is 5.73 Å². The Hall–Kier alpha value is -0.900. The molecule has 2 N–H and O–H groups in total. The lowest BCUT2D eigenvalue weighted by Gasteiger charge is -2.02. The minimum Gasteiger partial charge on any atom is -0.338 e. The summed E-state index contributed by atoms with van der Waals surface area (Å²) in [5.41, 5.74) is 5.82. The predicted octanol–water partition coefficient (Wildman–Crippen LogP) is 1.99. The van der Waals surface area contributed by atoms with Crippen LogP contribution >= 0.6 is 0 Å². The van der Waals surface area contributed by atoms with Gasteiger partial charge in [0.2, 0.25) is 5.89 Å². The van der Waals surface area contributed by atoms with E-state index in [0.29, 0.717) is 11.8 Å². The van der Waals surface area contributed by atoms with Crippen molar-refractivity contribution in [1.82, 2.24) is 10.1 Å². The zero-order chi connectivity index (χ0) is 9.84. The molecule has 0 unspecified atom stereocenters. The molecule has 0 saturated heterocycles. The Balaban J connectivity index is 2.67.